The van der Waals surface area contributed by atoms with Gasteiger partial charge in [0.2, 0.25) is 0 Å². The number of nitrogens with zero attached hydrogens (tertiary/aromatic N) is 3. The maximum absolute atomic E-state index is 12.5. The van der Waals surface area contributed by atoms with Crippen molar-refractivity contribution in [2.24, 2.45) is 0 Å². The van der Waals surface area contributed by atoms with Crippen molar-refractivity contribution in [3.63, 3.8) is 0 Å². The molecule has 0 saturated carbocycles. The van der Waals surface area contributed by atoms with Crippen molar-refractivity contribution in [2.45, 2.75) is 50.7 Å². The van der Waals surface area contributed by atoms with Gasteiger partial charge in [-0.05, 0) is 51.3 Å². The Morgan fingerprint density at radius 3 is 2.69 bits per heavy atom. The van der Waals surface area contributed by atoms with Crippen LogP contribution in [0.25, 0.3) is 0 Å². The van der Waals surface area contributed by atoms with E-state index in [2.05, 4.69) is 27.2 Å². The van der Waals surface area contributed by atoms with Crippen LogP contribution in [0.1, 0.15) is 56.0 Å². The zero-order chi connectivity index (χ0) is 18.0. The Hall–Kier alpha value is -2.05. The molecule has 0 amide bonds. The third-order valence-electron chi connectivity index (χ3n) is 5.76. The van der Waals surface area contributed by atoms with E-state index in [1.807, 2.05) is 18.2 Å². The van der Waals surface area contributed by atoms with Gasteiger partial charge in [0.1, 0.15) is 11.9 Å². The van der Waals surface area contributed by atoms with E-state index < -0.39 is 0 Å². The van der Waals surface area contributed by atoms with E-state index in [-0.39, 0.29) is 17.3 Å². The van der Waals surface area contributed by atoms with Crippen molar-refractivity contribution in [3.8, 4) is 0 Å². The molecule has 1 aromatic heterocycles. The number of rotatable bonds is 5. The number of likely N-dealkylation sites (tertiary alicyclic amines) is 1. The van der Waals surface area contributed by atoms with E-state index in [1.165, 1.54) is 0 Å². The van der Waals surface area contributed by atoms with Gasteiger partial charge in [-0.15, -0.1) is 0 Å². The van der Waals surface area contributed by atoms with E-state index in [9.17, 15) is 4.79 Å². The molecule has 2 fully saturated rings. The van der Waals surface area contributed by atoms with E-state index in [0.717, 1.165) is 50.9 Å². The number of benzene rings is 1. The molecule has 6 nitrogen and oxygen atoms in total. The molecular formula is C20H25N3O3. The summed E-state index contributed by atoms with van der Waals surface area (Å²) in [6, 6.07) is 10.2. The average molecular weight is 355 g/mol. The molecule has 1 atom stereocenters. The number of piperidine rings is 1. The fourth-order valence-corrected chi connectivity index (χ4v) is 4.13. The molecule has 6 heteroatoms. The lowest BCUT2D eigenvalue weighted by atomic mass is 9.70. The van der Waals surface area contributed by atoms with Crippen molar-refractivity contribution in [2.75, 3.05) is 19.7 Å². The van der Waals surface area contributed by atoms with Crippen LogP contribution < -0.4 is 0 Å². The molecule has 0 N–H and O–H groups in total. The molecule has 138 valence electrons. The number of ketones is 1. The monoisotopic (exact) mass is 355 g/mol. The highest BCUT2D eigenvalue weighted by Crippen LogP contribution is 2.36. The number of ether oxygens (including phenoxy) is 1. The molecule has 0 radical (unpaired) electrons. The lowest BCUT2D eigenvalue weighted by Gasteiger charge is -2.40. The normalized spacial score (nSPS) is 23.2. The lowest BCUT2D eigenvalue weighted by Crippen LogP contribution is -2.46. The molecule has 0 spiro atoms. The second-order valence-corrected chi connectivity index (χ2v) is 7.33. The summed E-state index contributed by atoms with van der Waals surface area (Å²) in [5.41, 5.74) is 0.769. The molecule has 0 bridgehead atoms. The van der Waals surface area contributed by atoms with E-state index in [1.54, 1.807) is 6.92 Å². The first-order valence-electron chi connectivity index (χ1n) is 9.40. The number of Topliss-reactive ketones (excluding diaryl/α,β-unsaturated/α-hetero) is 1. The first-order chi connectivity index (χ1) is 12.7. The summed E-state index contributed by atoms with van der Waals surface area (Å²) in [6.45, 7) is 4.83. The average Bonchev–Trinajstić information content (AvgIpc) is 3.34. The molecule has 2 aliphatic heterocycles. The first kappa shape index (κ1) is 17.4. The second kappa shape index (κ2) is 7.29. The summed E-state index contributed by atoms with van der Waals surface area (Å²) in [5.74, 6) is 1.55. The largest absolute Gasteiger partial charge is 0.368 e. The van der Waals surface area contributed by atoms with Gasteiger partial charge >= 0.3 is 0 Å². The van der Waals surface area contributed by atoms with Crippen LogP contribution in [0.15, 0.2) is 34.9 Å². The highest BCUT2D eigenvalue weighted by atomic mass is 16.5. The molecule has 1 aromatic carbocycles. The number of aromatic nitrogens is 2. The zero-order valence-corrected chi connectivity index (χ0v) is 15.2. The second-order valence-electron chi connectivity index (χ2n) is 7.33. The molecular weight excluding hydrogens is 330 g/mol. The van der Waals surface area contributed by atoms with Crippen molar-refractivity contribution >= 4 is 5.78 Å². The molecule has 2 saturated heterocycles. The van der Waals surface area contributed by atoms with Gasteiger partial charge in [0.15, 0.2) is 5.82 Å². The predicted molar refractivity (Wildman–Crippen MR) is 95.5 cm³/mol. The van der Waals surface area contributed by atoms with Gasteiger partial charge in [-0.25, -0.2) is 0 Å². The maximum Gasteiger partial charge on any atom is 0.255 e. The van der Waals surface area contributed by atoms with Crippen molar-refractivity contribution in [1.82, 2.24) is 15.0 Å². The Bertz CT molecular complexity index is 745. The van der Waals surface area contributed by atoms with Gasteiger partial charge in [-0.3, -0.25) is 9.69 Å². The molecule has 2 aromatic rings. The quantitative estimate of drug-likeness (QED) is 0.821. The van der Waals surface area contributed by atoms with Gasteiger partial charge < -0.3 is 9.26 Å². The summed E-state index contributed by atoms with van der Waals surface area (Å²) in [4.78, 5) is 19.3. The Labute approximate surface area is 153 Å². The Kier molecular flexibility index (Phi) is 4.87. The first-order valence-corrected chi connectivity index (χ1v) is 9.40. The SMILES string of the molecule is CC(=O)C1(c2ccccc2)CCN(Cc2noc([C@@H]3CCCO3)n2)CC1. The summed E-state index contributed by atoms with van der Waals surface area (Å²) >= 11 is 0. The van der Waals surface area contributed by atoms with Crippen molar-refractivity contribution in [3.05, 3.63) is 47.6 Å². The Balaban J connectivity index is 1.41. The molecule has 26 heavy (non-hydrogen) atoms. The lowest BCUT2D eigenvalue weighted by molar-refractivity contribution is -0.124. The molecule has 4 rings (SSSR count). The summed E-state index contributed by atoms with van der Waals surface area (Å²) in [7, 11) is 0. The number of hydrogen-bond acceptors (Lipinski definition) is 6. The van der Waals surface area contributed by atoms with Crippen LogP contribution in [-0.2, 0) is 21.5 Å². The van der Waals surface area contributed by atoms with Gasteiger partial charge in [-0.2, -0.15) is 4.98 Å². The number of carbonyl (C=O) groups is 1. The zero-order valence-electron chi connectivity index (χ0n) is 15.2. The summed E-state index contributed by atoms with van der Waals surface area (Å²) < 4.78 is 11.0. The van der Waals surface area contributed by atoms with Gasteiger partial charge in [-0.1, -0.05) is 35.5 Å². The highest BCUT2D eigenvalue weighted by molar-refractivity contribution is 5.88. The molecule has 0 aliphatic carbocycles. The Morgan fingerprint density at radius 2 is 2.04 bits per heavy atom. The van der Waals surface area contributed by atoms with Crippen LogP contribution in [0.5, 0.6) is 0 Å². The fraction of sp³-hybridized carbons (Fsp3) is 0.550. The number of hydrogen-bond donors (Lipinski definition) is 0. The molecule has 2 aliphatic rings. The van der Waals surface area contributed by atoms with Crippen LogP contribution in [0, 0.1) is 0 Å². The van der Waals surface area contributed by atoms with Gasteiger partial charge in [0.05, 0.1) is 12.0 Å². The van der Waals surface area contributed by atoms with Crippen molar-refractivity contribution in [1.29, 1.82) is 0 Å². The summed E-state index contributed by atoms with van der Waals surface area (Å²) in [6.07, 6.45) is 3.59. The van der Waals surface area contributed by atoms with Gasteiger partial charge in [0, 0.05) is 6.61 Å². The number of carbonyl (C=O) groups excluding carboxylic acids is 1. The molecule has 0 unspecified atom stereocenters. The van der Waals surface area contributed by atoms with Crippen LogP contribution >= 0.6 is 0 Å². The predicted octanol–water partition coefficient (Wildman–Crippen LogP) is 3.04. The third-order valence-corrected chi connectivity index (χ3v) is 5.76. The summed E-state index contributed by atoms with van der Waals surface area (Å²) in [5, 5.41) is 4.11. The van der Waals surface area contributed by atoms with Crippen LogP contribution in [0.3, 0.4) is 0 Å². The Morgan fingerprint density at radius 1 is 1.27 bits per heavy atom. The minimum atomic E-state index is -0.363. The van der Waals surface area contributed by atoms with E-state index in [4.69, 9.17) is 9.26 Å². The fourth-order valence-electron chi connectivity index (χ4n) is 4.13. The molecule has 3 heterocycles. The van der Waals surface area contributed by atoms with Crippen LogP contribution in [0.2, 0.25) is 0 Å². The minimum Gasteiger partial charge on any atom is -0.368 e. The minimum absolute atomic E-state index is 0.0407. The van der Waals surface area contributed by atoms with Crippen LogP contribution in [-0.4, -0.2) is 40.5 Å². The topological polar surface area (TPSA) is 68.5 Å². The third kappa shape index (κ3) is 3.31. The van der Waals surface area contributed by atoms with Gasteiger partial charge in [0.25, 0.3) is 5.89 Å². The maximum atomic E-state index is 12.5. The smallest absolute Gasteiger partial charge is 0.255 e. The standard InChI is InChI=1S/C20H25N3O3/c1-15(24)20(16-6-3-2-4-7-16)9-11-23(12-10-20)14-18-21-19(26-22-18)17-8-5-13-25-17/h2-4,6-7,17H,5,8-14H2,1H3/t17-/m0/s1. The van der Waals surface area contributed by atoms with Crippen LogP contribution in [0.4, 0.5) is 0 Å². The van der Waals surface area contributed by atoms with Crippen molar-refractivity contribution < 1.29 is 14.1 Å². The van der Waals surface area contributed by atoms with E-state index >= 15 is 0 Å². The highest BCUT2D eigenvalue weighted by Gasteiger charge is 2.40. The van der Waals surface area contributed by atoms with E-state index in [0.29, 0.717) is 18.3 Å².